The maximum Gasteiger partial charge on any atom is 0.275 e. The molecule has 55 valence electrons. The van der Waals surface area contributed by atoms with E-state index >= 15 is 0 Å². The first-order chi connectivity index (χ1) is 5.29. The van der Waals surface area contributed by atoms with E-state index in [0.29, 0.717) is 5.56 Å². The summed E-state index contributed by atoms with van der Waals surface area (Å²) in [6, 6.07) is 7.32. The molecular weight excluding hydrogens is 140 g/mol. The Hall–Kier alpha value is -1.51. The molecule has 0 saturated carbocycles. The van der Waals surface area contributed by atoms with Gasteiger partial charge in [-0.25, -0.2) is 5.01 Å². The average Bonchev–Trinajstić information content (AvgIpc) is 2.30. The molecular formula is C8H7N2O. The fourth-order valence-corrected chi connectivity index (χ4v) is 1.12. The largest absolute Gasteiger partial charge is 0.275 e. The van der Waals surface area contributed by atoms with Gasteiger partial charge in [0.2, 0.25) is 0 Å². The van der Waals surface area contributed by atoms with E-state index in [1.54, 1.807) is 13.1 Å². The number of hydrogen-bond donors (Lipinski definition) is 0. The smallest absolute Gasteiger partial charge is 0.267 e. The standard InChI is InChI=1S/C8H7N2O/c1-10-8(11)6-4-2-3-5-7(6)9-10/h2-5H,1H3. The predicted molar refractivity (Wildman–Crippen MR) is 40.3 cm³/mol. The van der Waals surface area contributed by atoms with Gasteiger partial charge in [-0.1, -0.05) is 12.1 Å². The van der Waals surface area contributed by atoms with Crippen LogP contribution in [0, 0.1) is 0 Å². The van der Waals surface area contributed by atoms with Gasteiger partial charge >= 0.3 is 0 Å². The van der Waals surface area contributed by atoms with Crippen molar-refractivity contribution in [3.63, 3.8) is 0 Å². The highest BCUT2D eigenvalue weighted by Crippen LogP contribution is 2.22. The van der Waals surface area contributed by atoms with Crippen molar-refractivity contribution < 1.29 is 4.79 Å². The molecule has 0 bridgehead atoms. The highest BCUT2D eigenvalue weighted by Gasteiger charge is 2.24. The van der Waals surface area contributed by atoms with Gasteiger partial charge in [0, 0.05) is 7.05 Å². The second kappa shape index (κ2) is 1.99. The van der Waals surface area contributed by atoms with Crippen LogP contribution in [0.2, 0.25) is 0 Å². The number of carbonyl (C=O) groups excluding carboxylic acids is 1. The summed E-state index contributed by atoms with van der Waals surface area (Å²) in [4.78, 5) is 11.2. The molecule has 3 nitrogen and oxygen atoms in total. The van der Waals surface area contributed by atoms with Gasteiger partial charge in [-0.15, -0.1) is 0 Å². The van der Waals surface area contributed by atoms with E-state index in [0.717, 1.165) is 5.69 Å². The maximum atomic E-state index is 11.2. The third kappa shape index (κ3) is 0.774. The van der Waals surface area contributed by atoms with E-state index in [-0.39, 0.29) is 5.91 Å². The van der Waals surface area contributed by atoms with Crippen LogP contribution in [0.4, 0.5) is 5.69 Å². The lowest BCUT2D eigenvalue weighted by molar-refractivity contribution is 0.0780. The molecule has 0 saturated heterocycles. The van der Waals surface area contributed by atoms with Crippen LogP contribution in [-0.4, -0.2) is 18.0 Å². The number of rotatable bonds is 0. The molecule has 1 aliphatic heterocycles. The summed E-state index contributed by atoms with van der Waals surface area (Å²) >= 11 is 0. The molecule has 0 aliphatic carbocycles. The molecule has 3 heteroatoms. The zero-order valence-corrected chi connectivity index (χ0v) is 6.11. The third-order valence-electron chi connectivity index (χ3n) is 1.69. The quantitative estimate of drug-likeness (QED) is 0.537. The molecule has 0 atom stereocenters. The van der Waals surface area contributed by atoms with Crippen molar-refractivity contribution in [2.75, 3.05) is 7.05 Å². The Bertz CT molecular complexity index is 309. The lowest BCUT2D eigenvalue weighted by atomic mass is 10.2. The van der Waals surface area contributed by atoms with Crippen molar-refractivity contribution in [3.05, 3.63) is 29.8 Å². The summed E-state index contributed by atoms with van der Waals surface area (Å²) in [6.07, 6.45) is 0. The topological polar surface area (TPSA) is 34.4 Å². The summed E-state index contributed by atoms with van der Waals surface area (Å²) in [6.45, 7) is 0. The molecule has 0 N–H and O–H groups in total. The fraction of sp³-hybridized carbons (Fsp3) is 0.125. The monoisotopic (exact) mass is 147 g/mol. The number of benzene rings is 1. The molecule has 1 aromatic rings. The minimum absolute atomic E-state index is 0.0272. The van der Waals surface area contributed by atoms with E-state index in [1.807, 2.05) is 18.2 Å². The second-order valence-electron chi connectivity index (χ2n) is 2.45. The van der Waals surface area contributed by atoms with Crippen molar-refractivity contribution in [2.24, 2.45) is 0 Å². The zero-order valence-electron chi connectivity index (χ0n) is 6.11. The van der Waals surface area contributed by atoms with E-state index in [9.17, 15) is 4.79 Å². The van der Waals surface area contributed by atoms with Gasteiger partial charge in [-0.05, 0) is 12.1 Å². The van der Waals surface area contributed by atoms with Crippen LogP contribution in [0.5, 0.6) is 0 Å². The molecule has 1 radical (unpaired) electrons. The van der Waals surface area contributed by atoms with Crippen molar-refractivity contribution in [2.45, 2.75) is 0 Å². The van der Waals surface area contributed by atoms with Crippen LogP contribution in [0.3, 0.4) is 0 Å². The fourth-order valence-electron chi connectivity index (χ4n) is 1.12. The summed E-state index contributed by atoms with van der Waals surface area (Å²) in [5, 5.41) is 1.35. The second-order valence-corrected chi connectivity index (χ2v) is 2.45. The van der Waals surface area contributed by atoms with E-state index < -0.39 is 0 Å². The van der Waals surface area contributed by atoms with Crippen LogP contribution in [-0.2, 0) is 0 Å². The molecule has 1 aliphatic rings. The molecule has 0 fully saturated rings. The molecule has 1 amide bonds. The van der Waals surface area contributed by atoms with Crippen molar-refractivity contribution in [1.82, 2.24) is 10.4 Å². The van der Waals surface area contributed by atoms with Crippen LogP contribution in [0.25, 0.3) is 0 Å². The first kappa shape index (κ1) is 6.22. The Balaban J connectivity index is 2.55. The lowest BCUT2D eigenvalue weighted by Gasteiger charge is -2.02. The molecule has 11 heavy (non-hydrogen) atoms. The average molecular weight is 147 g/mol. The SMILES string of the molecule is CN1[N]c2ccccc2C1=O. The molecule has 1 aromatic carbocycles. The van der Waals surface area contributed by atoms with E-state index in [1.165, 1.54) is 5.01 Å². The predicted octanol–water partition coefficient (Wildman–Crippen LogP) is 0.923. The first-order valence-corrected chi connectivity index (χ1v) is 3.38. The Morgan fingerprint density at radius 2 is 2.09 bits per heavy atom. The Morgan fingerprint density at radius 1 is 1.36 bits per heavy atom. The van der Waals surface area contributed by atoms with Gasteiger partial charge in [0.1, 0.15) is 0 Å². The third-order valence-corrected chi connectivity index (χ3v) is 1.69. The van der Waals surface area contributed by atoms with Crippen LogP contribution in [0.15, 0.2) is 24.3 Å². The minimum atomic E-state index is -0.0272. The molecule has 2 rings (SSSR count). The van der Waals surface area contributed by atoms with Crippen LogP contribution >= 0.6 is 0 Å². The van der Waals surface area contributed by atoms with Crippen molar-refractivity contribution >= 4 is 11.6 Å². The summed E-state index contributed by atoms with van der Waals surface area (Å²) < 4.78 is 0. The number of carbonyl (C=O) groups is 1. The van der Waals surface area contributed by atoms with Gasteiger partial charge in [0.25, 0.3) is 5.91 Å². The van der Waals surface area contributed by atoms with E-state index in [2.05, 4.69) is 5.43 Å². The Kier molecular flexibility index (Phi) is 1.12. The zero-order chi connectivity index (χ0) is 7.84. The number of nitrogens with zero attached hydrogens (tertiary/aromatic N) is 2. The summed E-state index contributed by atoms with van der Waals surface area (Å²) in [5.74, 6) is -0.0272. The maximum absolute atomic E-state index is 11.2. The number of hydrogen-bond acceptors (Lipinski definition) is 1. The molecule has 0 unspecified atom stereocenters. The van der Waals surface area contributed by atoms with Crippen LogP contribution in [0.1, 0.15) is 10.4 Å². The van der Waals surface area contributed by atoms with E-state index in [4.69, 9.17) is 0 Å². The van der Waals surface area contributed by atoms with Gasteiger partial charge in [-0.2, -0.15) is 5.43 Å². The highest BCUT2D eigenvalue weighted by molar-refractivity contribution is 6.01. The highest BCUT2D eigenvalue weighted by atomic mass is 16.2. The molecule has 0 spiro atoms. The van der Waals surface area contributed by atoms with Gasteiger partial charge in [-0.3, -0.25) is 4.79 Å². The van der Waals surface area contributed by atoms with Gasteiger partial charge in [0.15, 0.2) is 0 Å². The first-order valence-electron chi connectivity index (χ1n) is 3.38. The molecule has 0 aromatic heterocycles. The molecule has 1 heterocycles. The summed E-state index contributed by atoms with van der Waals surface area (Å²) in [7, 11) is 1.66. The number of amides is 1. The Morgan fingerprint density at radius 3 is 2.82 bits per heavy atom. The van der Waals surface area contributed by atoms with Crippen molar-refractivity contribution in [3.8, 4) is 0 Å². The lowest BCUT2D eigenvalue weighted by Crippen LogP contribution is -2.23. The Labute approximate surface area is 64.6 Å². The normalized spacial score (nSPS) is 14.6. The van der Waals surface area contributed by atoms with Gasteiger partial charge in [0.05, 0.1) is 11.3 Å². The van der Waals surface area contributed by atoms with Crippen molar-refractivity contribution in [1.29, 1.82) is 0 Å². The van der Waals surface area contributed by atoms with Crippen LogP contribution < -0.4 is 5.43 Å². The number of fused-ring (bicyclic) bond motifs is 1. The minimum Gasteiger partial charge on any atom is -0.267 e. The van der Waals surface area contributed by atoms with Gasteiger partial charge < -0.3 is 0 Å². The summed E-state index contributed by atoms with van der Waals surface area (Å²) in [5.41, 5.74) is 5.47.